The molecule has 0 saturated heterocycles. The summed E-state index contributed by atoms with van der Waals surface area (Å²) in [4.78, 5) is 16.1. The Bertz CT molecular complexity index is 391. The van der Waals surface area contributed by atoms with Crippen LogP contribution in [0.15, 0.2) is 18.7 Å². The topological polar surface area (TPSA) is 72.9 Å². The van der Waals surface area contributed by atoms with Gasteiger partial charge in [0, 0.05) is 24.9 Å². The van der Waals surface area contributed by atoms with Crippen LogP contribution in [0.2, 0.25) is 0 Å². The lowest BCUT2D eigenvalue weighted by Crippen LogP contribution is -2.37. The molecule has 1 heterocycles. The van der Waals surface area contributed by atoms with Crippen molar-refractivity contribution in [3.8, 4) is 0 Å². The number of carbonyl (C=O) groups is 1. The van der Waals surface area contributed by atoms with Gasteiger partial charge in [0.1, 0.15) is 0 Å². The van der Waals surface area contributed by atoms with Gasteiger partial charge in [0.05, 0.1) is 12.4 Å². The van der Waals surface area contributed by atoms with E-state index in [2.05, 4.69) is 14.9 Å². The van der Waals surface area contributed by atoms with Gasteiger partial charge in [0.25, 0.3) is 0 Å². The van der Waals surface area contributed by atoms with E-state index in [1.165, 1.54) is 6.42 Å². The number of aromatic nitrogens is 2. The molecule has 1 aromatic rings. The van der Waals surface area contributed by atoms with Crippen LogP contribution in [-0.4, -0.2) is 28.0 Å². The molecule has 1 aliphatic rings. The molecule has 3 N–H and O–H groups in total. The normalized spacial score (nSPS) is 22.1. The molecule has 0 spiro atoms. The zero-order chi connectivity index (χ0) is 14.2. The SMILES string of the molecule is NCCCCCCC(=O)NC1CCCC1n1ccnc1. The summed E-state index contributed by atoms with van der Waals surface area (Å²) < 4.78 is 2.12. The average molecular weight is 278 g/mol. The molecule has 2 atom stereocenters. The molecule has 0 bridgehead atoms. The van der Waals surface area contributed by atoms with Gasteiger partial charge in [-0.25, -0.2) is 4.98 Å². The highest BCUT2D eigenvalue weighted by atomic mass is 16.1. The van der Waals surface area contributed by atoms with Gasteiger partial charge in [0.2, 0.25) is 5.91 Å². The maximum atomic E-state index is 12.0. The second-order valence-electron chi connectivity index (χ2n) is 5.64. The van der Waals surface area contributed by atoms with E-state index >= 15 is 0 Å². The van der Waals surface area contributed by atoms with Crippen LogP contribution in [0.3, 0.4) is 0 Å². The third-order valence-corrected chi connectivity index (χ3v) is 4.09. The molecule has 1 amide bonds. The molecule has 2 rings (SSSR count). The molecule has 5 nitrogen and oxygen atoms in total. The van der Waals surface area contributed by atoms with E-state index < -0.39 is 0 Å². The van der Waals surface area contributed by atoms with Crippen LogP contribution < -0.4 is 11.1 Å². The first-order valence-electron chi connectivity index (χ1n) is 7.78. The summed E-state index contributed by atoms with van der Waals surface area (Å²) in [5.74, 6) is 0.190. The van der Waals surface area contributed by atoms with Gasteiger partial charge in [0.15, 0.2) is 0 Å². The number of hydrogen-bond donors (Lipinski definition) is 2. The van der Waals surface area contributed by atoms with E-state index in [0.29, 0.717) is 12.5 Å². The van der Waals surface area contributed by atoms with E-state index in [0.717, 1.165) is 45.1 Å². The number of unbranched alkanes of at least 4 members (excludes halogenated alkanes) is 3. The van der Waals surface area contributed by atoms with Crippen molar-refractivity contribution in [2.75, 3.05) is 6.54 Å². The van der Waals surface area contributed by atoms with Crippen molar-refractivity contribution in [3.63, 3.8) is 0 Å². The summed E-state index contributed by atoms with van der Waals surface area (Å²) in [7, 11) is 0. The number of imidazole rings is 1. The average Bonchev–Trinajstić information content (AvgIpc) is 3.08. The number of nitrogens with one attached hydrogen (secondary N) is 1. The molecule has 0 radical (unpaired) electrons. The van der Waals surface area contributed by atoms with Crippen molar-refractivity contribution in [1.82, 2.24) is 14.9 Å². The van der Waals surface area contributed by atoms with Gasteiger partial charge >= 0.3 is 0 Å². The first-order chi connectivity index (χ1) is 9.81. The number of carbonyl (C=O) groups excluding carboxylic acids is 1. The van der Waals surface area contributed by atoms with Crippen LogP contribution in [0.25, 0.3) is 0 Å². The van der Waals surface area contributed by atoms with E-state index in [9.17, 15) is 4.79 Å². The summed E-state index contributed by atoms with van der Waals surface area (Å²) in [5, 5.41) is 3.20. The van der Waals surface area contributed by atoms with Crippen molar-refractivity contribution in [3.05, 3.63) is 18.7 Å². The standard InChI is InChI=1S/C15H26N4O/c16-9-4-2-1-3-8-15(20)18-13-6-5-7-14(13)19-11-10-17-12-19/h10-14H,1-9,16H2,(H,18,20). The first-order valence-corrected chi connectivity index (χ1v) is 7.78. The van der Waals surface area contributed by atoms with Gasteiger partial charge in [-0.2, -0.15) is 0 Å². The van der Waals surface area contributed by atoms with Gasteiger partial charge in [-0.1, -0.05) is 12.8 Å². The van der Waals surface area contributed by atoms with Gasteiger partial charge < -0.3 is 15.6 Å². The van der Waals surface area contributed by atoms with Gasteiger partial charge in [-0.05, 0) is 38.6 Å². The number of amides is 1. The third-order valence-electron chi connectivity index (χ3n) is 4.09. The number of rotatable bonds is 8. The number of hydrogen-bond acceptors (Lipinski definition) is 3. The zero-order valence-electron chi connectivity index (χ0n) is 12.1. The third kappa shape index (κ3) is 4.34. The fraction of sp³-hybridized carbons (Fsp3) is 0.733. The maximum absolute atomic E-state index is 12.0. The first kappa shape index (κ1) is 15.0. The lowest BCUT2D eigenvalue weighted by Gasteiger charge is -2.22. The summed E-state index contributed by atoms with van der Waals surface area (Å²) in [5.41, 5.74) is 5.45. The number of nitrogens with zero attached hydrogens (tertiary/aromatic N) is 2. The summed E-state index contributed by atoms with van der Waals surface area (Å²) in [6.07, 6.45) is 13.9. The minimum atomic E-state index is 0.190. The van der Waals surface area contributed by atoms with E-state index in [1.807, 2.05) is 12.5 Å². The lowest BCUT2D eigenvalue weighted by atomic mass is 10.1. The molecule has 1 fully saturated rings. The Morgan fingerprint density at radius 2 is 2.15 bits per heavy atom. The molecule has 1 saturated carbocycles. The van der Waals surface area contributed by atoms with Crippen molar-refractivity contribution in [1.29, 1.82) is 0 Å². The highest BCUT2D eigenvalue weighted by molar-refractivity contribution is 5.76. The second kappa shape index (κ2) is 8.04. The summed E-state index contributed by atoms with van der Waals surface area (Å²) in [6.45, 7) is 0.751. The molecule has 0 aliphatic heterocycles. The predicted octanol–water partition coefficient (Wildman–Crippen LogP) is 2.00. The second-order valence-corrected chi connectivity index (χ2v) is 5.64. The molecule has 1 aromatic heterocycles. The van der Waals surface area contributed by atoms with E-state index in [-0.39, 0.29) is 11.9 Å². The summed E-state index contributed by atoms with van der Waals surface area (Å²) in [6, 6.07) is 0.638. The van der Waals surface area contributed by atoms with Crippen LogP contribution in [0.4, 0.5) is 0 Å². The fourth-order valence-corrected chi connectivity index (χ4v) is 2.99. The molecule has 5 heteroatoms. The van der Waals surface area contributed by atoms with E-state index in [1.54, 1.807) is 6.20 Å². The Kier molecular flexibility index (Phi) is 6.05. The Labute approximate surface area is 120 Å². The largest absolute Gasteiger partial charge is 0.351 e. The monoisotopic (exact) mass is 278 g/mol. The fourth-order valence-electron chi connectivity index (χ4n) is 2.99. The van der Waals surface area contributed by atoms with E-state index in [4.69, 9.17) is 5.73 Å². The van der Waals surface area contributed by atoms with Crippen LogP contribution in [0.5, 0.6) is 0 Å². The van der Waals surface area contributed by atoms with Crippen molar-refractivity contribution < 1.29 is 4.79 Å². The molecule has 0 aromatic carbocycles. The summed E-state index contributed by atoms with van der Waals surface area (Å²) >= 11 is 0. The highest BCUT2D eigenvalue weighted by Gasteiger charge is 2.29. The molecule has 112 valence electrons. The Morgan fingerprint density at radius 1 is 1.30 bits per heavy atom. The zero-order valence-corrected chi connectivity index (χ0v) is 12.1. The van der Waals surface area contributed by atoms with Crippen LogP contribution in [0.1, 0.15) is 57.4 Å². The molecular formula is C15H26N4O. The van der Waals surface area contributed by atoms with Gasteiger partial charge in [-0.3, -0.25) is 4.79 Å². The Morgan fingerprint density at radius 3 is 2.90 bits per heavy atom. The smallest absolute Gasteiger partial charge is 0.220 e. The van der Waals surface area contributed by atoms with Gasteiger partial charge in [-0.15, -0.1) is 0 Å². The van der Waals surface area contributed by atoms with Crippen molar-refractivity contribution in [2.45, 2.75) is 63.5 Å². The Balaban J connectivity index is 1.70. The van der Waals surface area contributed by atoms with Crippen LogP contribution in [0, 0.1) is 0 Å². The molecular weight excluding hydrogens is 252 g/mol. The molecule has 2 unspecified atom stereocenters. The lowest BCUT2D eigenvalue weighted by molar-refractivity contribution is -0.122. The molecule has 20 heavy (non-hydrogen) atoms. The predicted molar refractivity (Wildman–Crippen MR) is 79.2 cm³/mol. The number of nitrogens with two attached hydrogens (primary N) is 1. The minimum Gasteiger partial charge on any atom is -0.351 e. The minimum absolute atomic E-state index is 0.190. The van der Waals surface area contributed by atoms with Crippen molar-refractivity contribution >= 4 is 5.91 Å². The molecule has 1 aliphatic carbocycles. The quantitative estimate of drug-likeness (QED) is 0.714. The van der Waals surface area contributed by atoms with Crippen LogP contribution in [-0.2, 0) is 4.79 Å². The van der Waals surface area contributed by atoms with Crippen LogP contribution >= 0.6 is 0 Å². The maximum Gasteiger partial charge on any atom is 0.220 e. The highest BCUT2D eigenvalue weighted by Crippen LogP contribution is 2.29. The van der Waals surface area contributed by atoms with Crippen molar-refractivity contribution in [2.24, 2.45) is 5.73 Å². The Hall–Kier alpha value is -1.36.